The molecular formula is C8H17NO2. The van der Waals surface area contributed by atoms with Gasteiger partial charge in [0.15, 0.2) is 0 Å². The second kappa shape index (κ2) is 4.04. The van der Waals surface area contributed by atoms with Crippen molar-refractivity contribution in [2.24, 2.45) is 0 Å². The Kier molecular flexibility index (Phi) is 3.30. The van der Waals surface area contributed by atoms with E-state index in [1.807, 2.05) is 6.92 Å². The van der Waals surface area contributed by atoms with Crippen molar-refractivity contribution in [3.8, 4) is 0 Å². The molecule has 3 atom stereocenters. The molecule has 1 rings (SSSR count). The van der Waals surface area contributed by atoms with E-state index in [0.29, 0.717) is 12.1 Å². The van der Waals surface area contributed by atoms with Crippen LogP contribution >= 0.6 is 0 Å². The number of ether oxygens (including phenoxy) is 1. The van der Waals surface area contributed by atoms with E-state index in [4.69, 9.17) is 9.84 Å². The van der Waals surface area contributed by atoms with E-state index < -0.39 is 0 Å². The topological polar surface area (TPSA) is 41.5 Å². The SMILES string of the molecule is CC1OCCC1N[C@H](C)CO. The first-order chi connectivity index (χ1) is 5.24. The molecule has 0 bridgehead atoms. The van der Waals surface area contributed by atoms with Gasteiger partial charge >= 0.3 is 0 Å². The van der Waals surface area contributed by atoms with Crippen LogP contribution in [0.1, 0.15) is 20.3 Å². The molecule has 3 heteroatoms. The Morgan fingerprint density at radius 3 is 2.91 bits per heavy atom. The fourth-order valence-electron chi connectivity index (χ4n) is 1.37. The number of hydrogen-bond acceptors (Lipinski definition) is 3. The lowest BCUT2D eigenvalue weighted by atomic mass is 10.1. The summed E-state index contributed by atoms with van der Waals surface area (Å²) >= 11 is 0. The fraction of sp³-hybridized carbons (Fsp3) is 1.00. The summed E-state index contributed by atoms with van der Waals surface area (Å²) in [5.41, 5.74) is 0. The maximum absolute atomic E-state index is 8.78. The van der Waals surface area contributed by atoms with E-state index in [-0.39, 0.29) is 12.6 Å². The Bertz CT molecular complexity index is 119. The third-order valence-corrected chi connectivity index (χ3v) is 2.15. The van der Waals surface area contributed by atoms with Gasteiger partial charge in [-0.05, 0) is 20.3 Å². The molecule has 0 aliphatic carbocycles. The molecule has 11 heavy (non-hydrogen) atoms. The molecule has 0 radical (unpaired) electrons. The van der Waals surface area contributed by atoms with E-state index in [2.05, 4.69) is 12.2 Å². The summed E-state index contributed by atoms with van der Waals surface area (Å²) in [5.74, 6) is 0. The third kappa shape index (κ3) is 2.43. The average molecular weight is 159 g/mol. The van der Waals surface area contributed by atoms with Crippen LogP contribution in [0.25, 0.3) is 0 Å². The largest absolute Gasteiger partial charge is 0.395 e. The molecule has 66 valence electrons. The molecule has 2 unspecified atom stereocenters. The van der Waals surface area contributed by atoms with Gasteiger partial charge in [0.05, 0.1) is 12.7 Å². The Labute approximate surface area is 67.7 Å². The zero-order valence-electron chi connectivity index (χ0n) is 7.21. The maximum atomic E-state index is 8.78. The van der Waals surface area contributed by atoms with Gasteiger partial charge in [0.2, 0.25) is 0 Å². The van der Waals surface area contributed by atoms with Gasteiger partial charge in [-0.1, -0.05) is 0 Å². The lowest BCUT2D eigenvalue weighted by Crippen LogP contribution is -2.42. The number of hydrogen-bond donors (Lipinski definition) is 2. The van der Waals surface area contributed by atoms with E-state index in [0.717, 1.165) is 13.0 Å². The Balaban J connectivity index is 2.24. The van der Waals surface area contributed by atoms with Crippen LogP contribution in [-0.4, -0.2) is 36.5 Å². The summed E-state index contributed by atoms with van der Waals surface area (Å²) in [6, 6.07) is 0.612. The Hall–Kier alpha value is -0.120. The summed E-state index contributed by atoms with van der Waals surface area (Å²) in [4.78, 5) is 0. The van der Waals surface area contributed by atoms with Crippen LogP contribution in [0.4, 0.5) is 0 Å². The first-order valence-corrected chi connectivity index (χ1v) is 4.22. The first kappa shape index (κ1) is 8.97. The first-order valence-electron chi connectivity index (χ1n) is 4.22. The van der Waals surface area contributed by atoms with Crippen molar-refractivity contribution in [2.45, 2.75) is 38.5 Å². The van der Waals surface area contributed by atoms with Crippen molar-refractivity contribution < 1.29 is 9.84 Å². The Morgan fingerprint density at radius 1 is 1.73 bits per heavy atom. The van der Waals surface area contributed by atoms with Crippen molar-refractivity contribution in [2.75, 3.05) is 13.2 Å². The molecule has 0 aromatic rings. The molecule has 2 N–H and O–H groups in total. The molecule has 1 heterocycles. The summed E-state index contributed by atoms with van der Waals surface area (Å²) in [6.07, 6.45) is 1.36. The molecule has 3 nitrogen and oxygen atoms in total. The standard InChI is InChI=1S/C8H17NO2/c1-6(5-10)9-8-3-4-11-7(8)2/h6-10H,3-5H2,1-2H3/t6-,7?,8?/m1/s1. The molecule has 0 aromatic heterocycles. The monoisotopic (exact) mass is 159 g/mol. The quantitative estimate of drug-likeness (QED) is 0.615. The van der Waals surface area contributed by atoms with Crippen LogP contribution < -0.4 is 5.32 Å². The molecule has 1 aliphatic rings. The molecule has 0 spiro atoms. The smallest absolute Gasteiger partial charge is 0.0700 e. The highest BCUT2D eigenvalue weighted by molar-refractivity contribution is 4.81. The van der Waals surface area contributed by atoms with Crippen LogP contribution in [0.2, 0.25) is 0 Å². The lowest BCUT2D eigenvalue weighted by molar-refractivity contribution is 0.108. The van der Waals surface area contributed by atoms with Crippen LogP contribution in [0, 0.1) is 0 Å². The van der Waals surface area contributed by atoms with Crippen molar-refractivity contribution in [1.82, 2.24) is 5.32 Å². The summed E-state index contributed by atoms with van der Waals surface area (Å²) in [5, 5.41) is 12.1. The fourth-order valence-corrected chi connectivity index (χ4v) is 1.37. The predicted octanol–water partition coefficient (Wildman–Crippen LogP) is 0.134. The molecule has 1 fully saturated rings. The van der Waals surface area contributed by atoms with Crippen molar-refractivity contribution in [3.63, 3.8) is 0 Å². The molecule has 1 saturated heterocycles. The minimum absolute atomic E-state index is 0.184. The number of aliphatic hydroxyl groups is 1. The van der Waals surface area contributed by atoms with Crippen LogP contribution in [0.5, 0.6) is 0 Å². The van der Waals surface area contributed by atoms with Crippen molar-refractivity contribution in [3.05, 3.63) is 0 Å². The van der Waals surface area contributed by atoms with Crippen LogP contribution in [0.3, 0.4) is 0 Å². The highest BCUT2D eigenvalue weighted by Crippen LogP contribution is 2.12. The zero-order valence-corrected chi connectivity index (χ0v) is 7.21. The molecule has 0 amide bonds. The van der Waals surface area contributed by atoms with Gasteiger partial charge in [0.1, 0.15) is 0 Å². The van der Waals surface area contributed by atoms with Gasteiger partial charge in [-0.15, -0.1) is 0 Å². The van der Waals surface area contributed by atoms with E-state index in [1.54, 1.807) is 0 Å². The molecular weight excluding hydrogens is 142 g/mol. The second-order valence-corrected chi connectivity index (χ2v) is 3.22. The number of rotatable bonds is 3. The average Bonchev–Trinajstić information content (AvgIpc) is 2.37. The van der Waals surface area contributed by atoms with Gasteiger partial charge in [0.25, 0.3) is 0 Å². The highest BCUT2D eigenvalue weighted by atomic mass is 16.5. The van der Waals surface area contributed by atoms with Gasteiger partial charge in [-0.25, -0.2) is 0 Å². The summed E-state index contributed by atoms with van der Waals surface area (Å²) in [6.45, 7) is 5.08. The number of nitrogens with one attached hydrogen (secondary N) is 1. The van der Waals surface area contributed by atoms with Gasteiger partial charge in [-0.3, -0.25) is 0 Å². The maximum Gasteiger partial charge on any atom is 0.0700 e. The number of aliphatic hydroxyl groups excluding tert-OH is 1. The van der Waals surface area contributed by atoms with E-state index >= 15 is 0 Å². The predicted molar refractivity (Wildman–Crippen MR) is 43.5 cm³/mol. The minimum Gasteiger partial charge on any atom is -0.395 e. The van der Waals surface area contributed by atoms with Gasteiger partial charge in [0, 0.05) is 18.7 Å². The normalized spacial score (nSPS) is 34.1. The van der Waals surface area contributed by atoms with E-state index in [1.165, 1.54) is 0 Å². The molecule has 0 saturated carbocycles. The summed E-state index contributed by atoms with van der Waals surface area (Å²) < 4.78 is 5.37. The third-order valence-electron chi connectivity index (χ3n) is 2.15. The molecule has 1 aliphatic heterocycles. The minimum atomic E-state index is 0.184. The summed E-state index contributed by atoms with van der Waals surface area (Å²) in [7, 11) is 0. The Morgan fingerprint density at radius 2 is 2.45 bits per heavy atom. The van der Waals surface area contributed by atoms with E-state index in [9.17, 15) is 0 Å². The van der Waals surface area contributed by atoms with Crippen LogP contribution in [0.15, 0.2) is 0 Å². The van der Waals surface area contributed by atoms with Crippen molar-refractivity contribution >= 4 is 0 Å². The lowest BCUT2D eigenvalue weighted by Gasteiger charge is -2.19. The second-order valence-electron chi connectivity index (χ2n) is 3.22. The molecule has 0 aromatic carbocycles. The highest BCUT2D eigenvalue weighted by Gasteiger charge is 2.24. The van der Waals surface area contributed by atoms with Crippen LogP contribution in [-0.2, 0) is 4.74 Å². The van der Waals surface area contributed by atoms with Crippen molar-refractivity contribution in [1.29, 1.82) is 0 Å². The zero-order chi connectivity index (χ0) is 8.27. The van der Waals surface area contributed by atoms with Gasteiger partial charge < -0.3 is 15.2 Å². The van der Waals surface area contributed by atoms with Gasteiger partial charge in [-0.2, -0.15) is 0 Å².